The van der Waals surface area contributed by atoms with E-state index in [4.69, 9.17) is 27.9 Å². The first-order valence-electron chi connectivity index (χ1n) is 5.66. The topological polar surface area (TPSA) is 55.3 Å². The number of ether oxygens (including phenoxy) is 1. The average Bonchev–Trinajstić information content (AvgIpc) is 2.40. The van der Waals surface area contributed by atoms with Crippen LogP contribution < -0.4 is 4.90 Å². The molecule has 1 aliphatic heterocycles. The highest BCUT2D eigenvalue weighted by Gasteiger charge is 2.31. The van der Waals surface area contributed by atoms with Crippen molar-refractivity contribution in [2.45, 2.75) is 25.3 Å². The molecule has 1 aliphatic rings. The molecule has 5 nitrogen and oxygen atoms in total. The van der Waals surface area contributed by atoms with E-state index in [2.05, 4.69) is 10.2 Å². The van der Waals surface area contributed by atoms with Gasteiger partial charge < -0.3 is 9.64 Å². The molecule has 0 amide bonds. The molecule has 1 aromatic heterocycles. The Bertz CT molecular complexity index is 456. The molecule has 0 saturated carbocycles. The van der Waals surface area contributed by atoms with Crippen LogP contribution >= 0.6 is 23.2 Å². The highest BCUT2D eigenvalue weighted by Crippen LogP contribution is 2.31. The van der Waals surface area contributed by atoms with Gasteiger partial charge in [0.15, 0.2) is 10.3 Å². The molecule has 7 heteroatoms. The predicted octanol–water partition coefficient (Wildman–Crippen LogP) is 2.32. The Morgan fingerprint density at radius 1 is 1.44 bits per heavy atom. The highest BCUT2D eigenvalue weighted by molar-refractivity contribution is 6.33. The van der Waals surface area contributed by atoms with Gasteiger partial charge in [0.25, 0.3) is 0 Å². The maximum absolute atomic E-state index is 11.8. The van der Waals surface area contributed by atoms with Crippen molar-refractivity contribution in [1.29, 1.82) is 0 Å². The van der Waals surface area contributed by atoms with Crippen LogP contribution in [0.15, 0.2) is 6.07 Å². The molecule has 0 aliphatic carbocycles. The summed E-state index contributed by atoms with van der Waals surface area (Å²) in [7, 11) is 1.38. The third-order valence-electron chi connectivity index (χ3n) is 2.99. The van der Waals surface area contributed by atoms with Gasteiger partial charge >= 0.3 is 5.97 Å². The van der Waals surface area contributed by atoms with E-state index in [1.54, 1.807) is 6.07 Å². The summed E-state index contributed by atoms with van der Waals surface area (Å²) in [6, 6.07) is 1.29. The van der Waals surface area contributed by atoms with Crippen LogP contribution in [0.25, 0.3) is 0 Å². The monoisotopic (exact) mass is 289 g/mol. The Balaban J connectivity index is 2.33. The fraction of sp³-hybridized carbons (Fsp3) is 0.545. The minimum absolute atomic E-state index is 0.246. The number of hydrogen-bond acceptors (Lipinski definition) is 5. The summed E-state index contributed by atoms with van der Waals surface area (Å²) in [5.41, 5.74) is 0.631. The van der Waals surface area contributed by atoms with Gasteiger partial charge in [-0.15, -0.1) is 10.2 Å². The number of esters is 1. The average molecular weight is 290 g/mol. The van der Waals surface area contributed by atoms with Crippen LogP contribution in [0, 0.1) is 0 Å². The van der Waals surface area contributed by atoms with Crippen molar-refractivity contribution in [1.82, 2.24) is 10.2 Å². The molecule has 0 spiro atoms. The number of anilines is 1. The zero-order valence-corrected chi connectivity index (χ0v) is 11.4. The van der Waals surface area contributed by atoms with Crippen LogP contribution in [-0.2, 0) is 9.53 Å². The number of carbonyl (C=O) groups excluding carboxylic acids is 1. The fourth-order valence-corrected chi connectivity index (χ4v) is 2.49. The lowest BCUT2D eigenvalue weighted by molar-refractivity contribution is -0.142. The van der Waals surface area contributed by atoms with Crippen LogP contribution in [0.5, 0.6) is 0 Å². The zero-order chi connectivity index (χ0) is 13.1. The van der Waals surface area contributed by atoms with Gasteiger partial charge in [-0.1, -0.05) is 23.2 Å². The van der Waals surface area contributed by atoms with Crippen molar-refractivity contribution in [3.63, 3.8) is 0 Å². The molecule has 98 valence electrons. The van der Waals surface area contributed by atoms with E-state index in [0.29, 0.717) is 5.69 Å². The lowest BCUT2D eigenvalue weighted by Gasteiger charge is -2.35. The molecule has 1 saturated heterocycles. The summed E-state index contributed by atoms with van der Waals surface area (Å²) in [5.74, 6) is -0.265. The summed E-state index contributed by atoms with van der Waals surface area (Å²) in [5, 5.41) is 7.93. The molecular weight excluding hydrogens is 277 g/mol. The minimum atomic E-state index is -0.332. The molecular formula is C11H13Cl2N3O2. The SMILES string of the molecule is COC(=O)C1CCCCN1c1cc(Cl)nnc1Cl. The molecule has 1 unspecified atom stereocenters. The van der Waals surface area contributed by atoms with Crippen LogP contribution in [0.4, 0.5) is 5.69 Å². The normalized spacial score (nSPS) is 19.7. The fourth-order valence-electron chi connectivity index (χ4n) is 2.15. The smallest absolute Gasteiger partial charge is 0.328 e. The molecule has 0 bridgehead atoms. The highest BCUT2D eigenvalue weighted by atomic mass is 35.5. The third-order valence-corrected chi connectivity index (χ3v) is 3.44. The predicted molar refractivity (Wildman–Crippen MR) is 69.1 cm³/mol. The second-order valence-corrected chi connectivity index (χ2v) is 4.82. The number of halogens is 2. The summed E-state index contributed by atoms with van der Waals surface area (Å²) in [4.78, 5) is 13.7. The van der Waals surface area contributed by atoms with Gasteiger partial charge in [-0.25, -0.2) is 4.79 Å². The van der Waals surface area contributed by atoms with Crippen LogP contribution in [0.1, 0.15) is 19.3 Å². The second-order valence-electron chi connectivity index (χ2n) is 4.07. The summed E-state index contributed by atoms with van der Waals surface area (Å²) in [6.07, 6.45) is 2.72. The van der Waals surface area contributed by atoms with E-state index in [1.807, 2.05) is 4.90 Å². The lowest BCUT2D eigenvalue weighted by atomic mass is 10.0. The minimum Gasteiger partial charge on any atom is -0.467 e. The van der Waals surface area contributed by atoms with E-state index in [-0.39, 0.29) is 22.3 Å². The molecule has 2 rings (SSSR count). The Labute approximate surface area is 115 Å². The van der Waals surface area contributed by atoms with Crippen molar-refractivity contribution in [2.75, 3.05) is 18.6 Å². The summed E-state index contributed by atoms with van der Waals surface area (Å²) in [6.45, 7) is 0.724. The number of nitrogens with zero attached hydrogens (tertiary/aromatic N) is 3. The number of methoxy groups -OCH3 is 1. The number of piperidine rings is 1. The van der Waals surface area contributed by atoms with E-state index in [9.17, 15) is 4.79 Å². The summed E-state index contributed by atoms with van der Waals surface area (Å²) < 4.78 is 4.82. The molecule has 1 atom stereocenters. The number of hydrogen-bond donors (Lipinski definition) is 0. The Hall–Kier alpha value is -1.07. The van der Waals surface area contributed by atoms with Gasteiger partial charge in [-0.05, 0) is 19.3 Å². The molecule has 0 aromatic carbocycles. The van der Waals surface area contributed by atoms with E-state index in [0.717, 1.165) is 25.8 Å². The van der Waals surface area contributed by atoms with E-state index >= 15 is 0 Å². The number of aromatic nitrogens is 2. The van der Waals surface area contributed by atoms with Gasteiger partial charge in [0.1, 0.15) is 6.04 Å². The molecule has 2 heterocycles. The number of rotatable bonds is 2. The Morgan fingerprint density at radius 2 is 2.22 bits per heavy atom. The van der Waals surface area contributed by atoms with Gasteiger partial charge in [0.2, 0.25) is 0 Å². The first-order valence-corrected chi connectivity index (χ1v) is 6.42. The van der Waals surface area contributed by atoms with Crippen molar-refractivity contribution >= 4 is 34.9 Å². The van der Waals surface area contributed by atoms with E-state index < -0.39 is 0 Å². The maximum Gasteiger partial charge on any atom is 0.328 e. The van der Waals surface area contributed by atoms with Gasteiger partial charge in [-0.3, -0.25) is 0 Å². The summed E-state index contributed by atoms with van der Waals surface area (Å²) >= 11 is 11.8. The van der Waals surface area contributed by atoms with Crippen LogP contribution in [-0.4, -0.2) is 35.9 Å². The maximum atomic E-state index is 11.8. The van der Waals surface area contributed by atoms with Crippen molar-refractivity contribution in [2.24, 2.45) is 0 Å². The number of carbonyl (C=O) groups is 1. The van der Waals surface area contributed by atoms with Crippen molar-refractivity contribution in [3.8, 4) is 0 Å². The van der Waals surface area contributed by atoms with Crippen LogP contribution in [0.3, 0.4) is 0 Å². The molecule has 1 aromatic rings. The van der Waals surface area contributed by atoms with Gasteiger partial charge in [0.05, 0.1) is 12.8 Å². The quantitative estimate of drug-likeness (QED) is 0.782. The molecule has 0 radical (unpaired) electrons. The lowest BCUT2D eigenvalue weighted by Crippen LogP contribution is -2.45. The zero-order valence-electron chi connectivity index (χ0n) is 9.90. The largest absolute Gasteiger partial charge is 0.467 e. The standard InChI is InChI=1S/C11H13Cl2N3O2/c1-18-11(17)7-4-2-3-5-16(7)8-6-9(12)14-15-10(8)13/h6-7H,2-5H2,1H3. The van der Waals surface area contributed by atoms with E-state index in [1.165, 1.54) is 7.11 Å². The molecule has 0 N–H and O–H groups in total. The van der Waals surface area contributed by atoms with Gasteiger partial charge in [0, 0.05) is 12.6 Å². The second kappa shape index (κ2) is 5.71. The first kappa shape index (κ1) is 13.4. The third kappa shape index (κ3) is 2.67. The van der Waals surface area contributed by atoms with Crippen LogP contribution in [0.2, 0.25) is 10.3 Å². The van der Waals surface area contributed by atoms with Crippen molar-refractivity contribution < 1.29 is 9.53 Å². The van der Waals surface area contributed by atoms with Gasteiger partial charge in [-0.2, -0.15) is 0 Å². The Kier molecular flexibility index (Phi) is 4.24. The Morgan fingerprint density at radius 3 is 2.94 bits per heavy atom. The molecule has 18 heavy (non-hydrogen) atoms. The first-order chi connectivity index (χ1) is 8.63. The van der Waals surface area contributed by atoms with Crippen molar-refractivity contribution in [3.05, 3.63) is 16.4 Å². The molecule has 1 fully saturated rings.